The third kappa shape index (κ3) is 3.79. The summed E-state index contributed by atoms with van der Waals surface area (Å²) >= 11 is 0. The third-order valence-electron chi connectivity index (χ3n) is 6.22. The first-order valence-electron chi connectivity index (χ1n) is 11.0. The van der Waals surface area contributed by atoms with Crippen molar-refractivity contribution in [3.05, 3.63) is 54.3 Å². The average Bonchev–Trinajstić information content (AvgIpc) is 3.25. The van der Waals surface area contributed by atoms with Gasteiger partial charge in [-0.25, -0.2) is 0 Å². The van der Waals surface area contributed by atoms with Crippen molar-refractivity contribution in [1.82, 2.24) is 4.90 Å². The first-order chi connectivity index (χ1) is 15.6. The molecular weight excluding hydrogens is 408 g/mol. The van der Waals surface area contributed by atoms with Crippen molar-refractivity contribution in [3.8, 4) is 11.5 Å². The number of piperidine rings is 1. The highest BCUT2D eigenvalue weighted by Crippen LogP contribution is 2.35. The number of likely N-dealkylation sites (tertiary alicyclic amines) is 1. The van der Waals surface area contributed by atoms with Crippen LogP contribution in [0.2, 0.25) is 0 Å². The largest absolute Gasteiger partial charge is 0.497 e. The fraction of sp³-hybridized carbons (Fsp3) is 0.360. The number of ether oxygens (including phenoxy) is 2. The fourth-order valence-electron chi connectivity index (χ4n) is 4.50. The smallest absolute Gasteiger partial charge is 0.265 e. The van der Waals surface area contributed by atoms with Crippen molar-refractivity contribution in [1.29, 1.82) is 0 Å². The Bertz CT molecular complexity index is 1150. The Hall–Kier alpha value is -3.48. The molecule has 1 aromatic heterocycles. The van der Waals surface area contributed by atoms with Crippen LogP contribution in [-0.4, -0.2) is 49.6 Å². The molecule has 0 saturated carbocycles. The van der Waals surface area contributed by atoms with E-state index in [1.165, 1.54) is 0 Å². The molecule has 5 rings (SSSR count). The van der Waals surface area contributed by atoms with Gasteiger partial charge in [-0.05, 0) is 43.5 Å². The SMILES string of the molecule is COc1ccc2c(CC(=O)N3C[C@@H](C(=O)N4CCCCC4)Oc4ccccc43)coc2c1. The molecule has 0 N–H and O–H groups in total. The molecule has 1 fully saturated rings. The predicted molar refractivity (Wildman–Crippen MR) is 120 cm³/mol. The van der Waals surface area contributed by atoms with Crippen LogP contribution in [0.3, 0.4) is 0 Å². The topological polar surface area (TPSA) is 72.2 Å². The second-order valence-corrected chi connectivity index (χ2v) is 8.26. The van der Waals surface area contributed by atoms with E-state index in [-0.39, 0.29) is 24.8 Å². The number of furan rings is 1. The number of hydrogen-bond acceptors (Lipinski definition) is 5. The van der Waals surface area contributed by atoms with Crippen molar-refractivity contribution >= 4 is 28.5 Å². The summed E-state index contributed by atoms with van der Waals surface area (Å²) in [6.45, 7) is 1.70. The minimum absolute atomic E-state index is 0.0436. The van der Waals surface area contributed by atoms with Crippen LogP contribution in [0.15, 0.2) is 53.1 Å². The van der Waals surface area contributed by atoms with Crippen LogP contribution in [0.1, 0.15) is 24.8 Å². The van der Waals surface area contributed by atoms with Crippen LogP contribution >= 0.6 is 0 Å². The number of nitrogens with zero attached hydrogens (tertiary/aromatic N) is 2. The van der Waals surface area contributed by atoms with Gasteiger partial charge in [0.25, 0.3) is 5.91 Å². The molecule has 0 unspecified atom stereocenters. The zero-order valence-corrected chi connectivity index (χ0v) is 18.1. The second kappa shape index (κ2) is 8.57. The Labute approximate surface area is 186 Å². The number of para-hydroxylation sites is 2. The fourth-order valence-corrected chi connectivity index (χ4v) is 4.50. The highest BCUT2D eigenvalue weighted by Gasteiger charge is 2.36. The Balaban J connectivity index is 1.40. The first kappa shape index (κ1) is 20.4. The van der Waals surface area contributed by atoms with Crippen LogP contribution in [-0.2, 0) is 16.0 Å². The Morgan fingerprint density at radius 3 is 2.72 bits per heavy atom. The van der Waals surface area contributed by atoms with E-state index in [1.807, 2.05) is 41.3 Å². The maximum Gasteiger partial charge on any atom is 0.265 e. The number of carbonyl (C=O) groups excluding carboxylic acids is 2. The maximum atomic E-state index is 13.4. The number of rotatable bonds is 4. The summed E-state index contributed by atoms with van der Waals surface area (Å²) in [5.74, 6) is 1.11. The molecule has 2 aliphatic heterocycles. The molecule has 1 saturated heterocycles. The number of amides is 2. The number of benzene rings is 2. The summed E-state index contributed by atoms with van der Waals surface area (Å²) in [7, 11) is 1.60. The lowest BCUT2D eigenvalue weighted by molar-refractivity contribution is -0.139. The standard InChI is InChI=1S/C25H26N2O5/c1-30-18-9-10-19-17(16-31-22(19)14-18)13-24(28)27-15-23(25(29)26-11-5-2-6-12-26)32-21-8-4-3-7-20(21)27/h3-4,7-10,14,16,23H,2,5-6,11-13,15H2,1H3/t23-/m0/s1. The second-order valence-electron chi connectivity index (χ2n) is 8.26. The molecule has 3 heterocycles. The molecule has 7 heteroatoms. The Kier molecular flexibility index (Phi) is 5.47. The molecule has 32 heavy (non-hydrogen) atoms. The van der Waals surface area contributed by atoms with E-state index < -0.39 is 6.10 Å². The van der Waals surface area contributed by atoms with Crippen molar-refractivity contribution in [3.63, 3.8) is 0 Å². The molecule has 7 nitrogen and oxygen atoms in total. The van der Waals surface area contributed by atoms with Crippen LogP contribution in [0.4, 0.5) is 5.69 Å². The number of carbonyl (C=O) groups is 2. The molecule has 0 bridgehead atoms. The van der Waals surface area contributed by atoms with Gasteiger partial charge >= 0.3 is 0 Å². The monoisotopic (exact) mass is 434 g/mol. The van der Waals surface area contributed by atoms with Gasteiger partial charge in [0, 0.05) is 30.1 Å². The predicted octanol–water partition coefficient (Wildman–Crippen LogP) is 3.79. The summed E-state index contributed by atoms with van der Waals surface area (Å²) in [5, 5.41) is 0.877. The van der Waals surface area contributed by atoms with E-state index in [9.17, 15) is 9.59 Å². The van der Waals surface area contributed by atoms with Gasteiger partial charge in [-0.2, -0.15) is 0 Å². The van der Waals surface area contributed by atoms with Crippen molar-refractivity contribution in [2.75, 3.05) is 31.6 Å². The molecule has 2 aromatic carbocycles. The van der Waals surface area contributed by atoms with Crippen molar-refractivity contribution < 1.29 is 23.5 Å². The maximum absolute atomic E-state index is 13.4. The zero-order valence-electron chi connectivity index (χ0n) is 18.1. The Morgan fingerprint density at radius 1 is 1.09 bits per heavy atom. The molecule has 2 aliphatic rings. The van der Waals surface area contributed by atoms with Crippen molar-refractivity contribution in [2.45, 2.75) is 31.8 Å². The molecule has 0 aliphatic carbocycles. The van der Waals surface area contributed by atoms with Crippen LogP contribution in [0, 0.1) is 0 Å². The normalized spacial score (nSPS) is 18.2. The quantitative estimate of drug-likeness (QED) is 0.625. The lowest BCUT2D eigenvalue weighted by atomic mass is 10.1. The van der Waals surface area contributed by atoms with Crippen LogP contribution < -0.4 is 14.4 Å². The third-order valence-corrected chi connectivity index (χ3v) is 6.22. The highest BCUT2D eigenvalue weighted by molar-refractivity contribution is 6.00. The van der Waals surface area contributed by atoms with E-state index in [0.29, 0.717) is 22.8 Å². The molecular formula is C25H26N2O5. The van der Waals surface area contributed by atoms with Gasteiger partial charge in [0.2, 0.25) is 5.91 Å². The van der Waals surface area contributed by atoms with E-state index in [2.05, 4.69) is 0 Å². The Morgan fingerprint density at radius 2 is 1.91 bits per heavy atom. The molecule has 1 atom stereocenters. The lowest BCUT2D eigenvalue weighted by Crippen LogP contribution is -2.53. The van der Waals surface area contributed by atoms with Gasteiger partial charge in [-0.15, -0.1) is 0 Å². The van der Waals surface area contributed by atoms with Crippen LogP contribution in [0.25, 0.3) is 11.0 Å². The first-order valence-corrected chi connectivity index (χ1v) is 11.0. The summed E-state index contributed by atoms with van der Waals surface area (Å²) in [6, 6.07) is 12.9. The minimum atomic E-state index is -0.697. The number of fused-ring (bicyclic) bond motifs is 2. The molecule has 166 valence electrons. The molecule has 0 radical (unpaired) electrons. The van der Waals surface area contributed by atoms with Crippen molar-refractivity contribution in [2.24, 2.45) is 0 Å². The molecule has 3 aromatic rings. The van der Waals surface area contributed by atoms with Gasteiger partial charge in [0.1, 0.15) is 17.1 Å². The summed E-state index contributed by atoms with van der Waals surface area (Å²) in [5.41, 5.74) is 2.16. The minimum Gasteiger partial charge on any atom is -0.497 e. The van der Waals surface area contributed by atoms with Gasteiger partial charge in [0.15, 0.2) is 6.10 Å². The number of methoxy groups -OCH3 is 1. The molecule has 2 amide bonds. The molecule has 0 spiro atoms. The summed E-state index contributed by atoms with van der Waals surface area (Å²) < 4.78 is 16.9. The van der Waals surface area contributed by atoms with Gasteiger partial charge in [-0.3, -0.25) is 9.59 Å². The van der Waals surface area contributed by atoms with E-state index in [0.717, 1.165) is 43.3 Å². The van der Waals surface area contributed by atoms with Gasteiger partial charge in [-0.1, -0.05) is 12.1 Å². The highest BCUT2D eigenvalue weighted by atomic mass is 16.5. The zero-order chi connectivity index (χ0) is 22.1. The van der Waals surface area contributed by atoms with Crippen LogP contribution in [0.5, 0.6) is 11.5 Å². The number of anilines is 1. The average molecular weight is 434 g/mol. The van der Waals surface area contributed by atoms with E-state index in [1.54, 1.807) is 24.3 Å². The van der Waals surface area contributed by atoms with Gasteiger partial charge < -0.3 is 23.7 Å². The van der Waals surface area contributed by atoms with E-state index in [4.69, 9.17) is 13.9 Å². The van der Waals surface area contributed by atoms with E-state index >= 15 is 0 Å². The van der Waals surface area contributed by atoms with Gasteiger partial charge in [0.05, 0.1) is 32.0 Å². The number of hydrogen-bond donors (Lipinski definition) is 0. The lowest BCUT2D eigenvalue weighted by Gasteiger charge is -2.37. The summed E-state index contributed by atoms with van der Waals surface area (Å²) in [6.07, 6.45) is 4.25. The summed E-state index contributed by atoms with van der Waals surface area (Å²) in [4.78, 5) is 30.1.